The monoisotopic (exact) mass is 285 g/mol. The molecule has 1 aromatic carbocycles. The number of hydrogen-bond donors (Lipinski definition) is 4. The van der Waals surface area contributed by atoms with Gasteiger partial charge in [-0.15, -0.1) is 0 Å². The topological polar surface area (TPSA) is 108 Å². The highest BCUT2D eigenvalue weighted by atomic mass is 35.5. The van der Waals surface area contributed by atoms with Crippen molar-refractivity contribution in [2.24, 2.45) is 16.8 Å². The molecule has 0 saturated carbocycles. The first-order chi connectivity index (χ1) is 8.86. The van der Waals surface area contributed by atoms with Gasteiger partial charge < -0.3 is 21.4 Å². The van der Waals surface area contributed by atoms with Crippen LogP contribution in [0.4, 0.5) is 0 Å². The first-order valence-electron chi connectivity index (χ1n) is 5.63. The Morgan fingerprint density at radius 2 is 2.11 bits per heavy atom. The van der Waals surface area contributed by atoms with Crippen LogP contribution in [0, 0.1) is 5.92 Å². The average Bonchev–Trinajstić information content (AvgIpc) is 2.37. The molecule has 1 aromatic rings. The molecular formula is C12H16ClN3O3. The highest BCUT2D eigenvalue weighted by Gasteiger charge is 2.22. The molecule has 1 unspecified atom stereocenters. The summed E-state index contributed by atoms with van der Waals surface area (Å²) in [5.74, 6) is -0.930. The number of phenols is 1. The average molecular weight is 286 g/mol. The largest absolute Gasteiger partial charge is 0.507 e. The molecule has 0 aromatic heterocycles. The van der Waals surface area contributed by atoms with Crippen molar-refractivity contribution in [3.63, 3.8) is 0 Å². The molecule has 0 spiro atoms. The van der Waals surface area contributed by atoms with E-state index >= 15 is 0 Å². The molecule has 5 N–H and O–H groups in total. The van der Waals surface area contributed by atoms with E-state index in [1.165, 1.54) is 18.2 Å². The van der Waals surface area contributed by atoms with Gasteiger partial charge in [0, 0.05) is 5.02 Å². The van der Waals surface area contributed by atoms with Gasteiger partial charge in [0.25, 0.3) is 5.91 Å². The van der Waals surface area contributed by atoms with Gasteiger partial charge in [-0.3, -0.25) is 4.79 Å². The first-order valence-corrected chi connectivity index (χ1v) is 6.01. The second-order valence-electron chi connectivity index (χ2n) is 4.38. The van der Waals surface area contributed by atoms with Crippen LogP contribution in [0.15, 0.2) is 23.4 Å². The van der Waals surface area contributed by atoms with Crippen molar-refractivity contribution in [3.8, 4) is 5.75 Å². The molecule has 0 saturated heterocycles. The molecule has 0 aliphatic rings. The maximum Gasteiger partial charge on any atom is 0.255 e. The van der Waals surface area contributed by atoms with Gasteiger partial charge in [0.1, 0.15) is 5.75 Å². The van der Waals surface area contributed by atoms with Gasteiger partial charge in [0.2, 0.25) is 0 Å². The first kappa shape index (κ1) is 15.1. The molecule has 6 nitrogen and oxygen atoms in total. The van der Waals surface area contributed by atoms with Crippen LogP contribution in [0.2, 0.25) is 5.02 Å². The van der Waals surface area contributed by atoms with Crippen LogP contribution < -0.4 is 11.1 Å². The van der Waals surface area contributed by atoms with Crippen molar-refractivity contribution in [3.05, 3.63) is 28.8 Å². The van der Waals surface area contributed by atoms with E-state index < -0.39 is 11.9 Å². The fourth-order valence-electron chi connectivity index (χ4n) is 1.55. The number of benzene rings is 1. The van der Waals surface area contributed by atoms with Crippen molar-refractivity contribution in [1.29, 1.82) is 0 Å². The lowest BCUT2D eigenvalue weighted by Gasteiger charge is -2.21. The van der Waals surface area contributed by atoms with Crippen molar-refractivity contribution in [1.82, 2.24) is 5.32 Å². The molecule has 0 aliphatic carbocycles. The van der Waals surface area contributed by atoms with Crippen molar-refractivity contribution >= 4 is 23.3 Å². The zero-order valence-corrected chi connectivity index (χ0v) is 11.3. The molecule has 1 atom stereocenters. The molecule has 0 heterocycles. The van der Waals surface area contributed by atoms with Gasteiger partial charge in [-0.1, -0.05) is 30.6 Å². The second-order valence-corrected chi connectivity index (χ2v) is 4.82. The van der Waals surface area contributed by atoms with Gasteiger partial charge in [0.15, 0.2) is 5.84 Å². The molecular weight excluding hydrogens is 270 g/mol. The SMILES string of the molecule is CC(C)C(NC(=O)c1cc(Cl)ccc1O)C(N)=NO. The number of aromatic hydroxyl groups is 1. The van der Waals surface area contributed by atoms with Gasteiger partial charge in [-0.05, 0) is 24.1 Å². The Morgan fingerprint density at radius 3 is 2.63 bits per heavy atom. The number of amidine groups is 1. The molecule has 7 heteroatoms. The quantitative estimate of drug-likeness (QED) is 0.291. The number of nitrogens with one attached hydrogen (secondary N) is 1. The maximum absolute atomic E-state index is 12.0. The number of carbonyl (C=O) groups excluding carboxylic acids is 1. The number of phenolic OH excluding ortho intramolecular Hbond substituents is 1. The van der Waals surface area contributed by atoms with Crippen LogP contribution in [0.3, 0.4) is 0 Å². The number of rotatable bonds is 4. The summed E-state index contributed by atoms with van der Waals surface area (Å²) < 4.78 is 0. The molecule has 0 bridgehead atoms. The van der Waals surface area contributed by atoms with E-state index in [4.69, 9.17) is 22.5 Å². The number of nitrogens with two attached hydrogens (primary N) is 1. The Labute approximate surface area is 115 Å². The van der Waals surface area contributed by atoms with E-state index in [1.54, 1.807) is 13.8 Å². The molecule has 1 rings (SSSR count). The summed E-state index contributed by atoms with van der Waals surface area (Å²) in [7, 11) is 0. The van der Waals surface area contributed by atoms with Crippen LogP contribution in [-0.4, -0.2) is 28.1 Å². The molecule has 19 heavy (non-hydrogen) atoms. The zero-order valence-electron chi connectivity index (χ0n) is 10.6. The highest BCUT2D eigenvalue weighted by molar-refractivity contribution is 6.31. The molecule has 0 aliphatic heterocycles. The predicted octanol–water partition coefficient (Wildman–Crippen LogP) is 1.55. The lowest BCUT2D eigenvalue weighted by molar-refractivity contribution is 0.0936. The summed E-state index contributed by atoms with van der Waals surface area (Å²) in [5, 5.41) is 24.1. The number of amides is 1. The third-order valence-corrected chi connectivity index (χ3v) is 2.83. The van der Waals surface area contributed by atoms with Crippen LogP contribution in [0.5, 0.6) is 5.75 Å². The van der Waals surface area contributed by atoms with Crippen LogP contribution >= 0.6 is 11.6 Å². The Hall–Kier alpha value is -1.95. The summed E-state index contributed by atoms with van der Waals surface area (Å²) in [6, 6.07) is 3.49. The van der Waals surface area contributed by atoms with Crippen molar-refractivity contribution in [2.45, 2.75) is 19.9 Å². The summed E-state index contributed by atoms with van der Waals surface area (Å²) in [4.78, 5) is 12.0. The van der Waals surface area contributed by atoms with Crippen LogP contribution in [0.1, 0.15) is 24.2 Å². The predicted molar refractivity (Wildman–Crippen MR) is 72.6 cm³/mol. The van der Waals surface area contributed by atoms with Crippen molar-refractivity contribution < 1.29 is 15.1 Å². The van der Waals surface area contributed by atoms with Gasteiger partial charge in [0.05, 0.1) is 11.6 Å². The standard InChI is InChI=1S/C12H16ClN3O3/c1-6(2)10(11(14)16-19)15-12(18)8-5-7(13)3-4-9(8)17/h3-6,10,17,19H,1-2H3,(H2,14,16)(H,15,18). The minimum Gasteiger partial charge on any atom is -0.507 e. The maximum atomic E-state index is 12.0. The summed E-state index contributed by atoms with van der Waals surface area (Å²) in [6.07, 6.45) is 0. The van der Waals surface area contributed by atoms with E-state index in [0.717, 1.165) is 0 Å². The lowest BCUT2D eigenvalue weighted by Crippen LogP contribution is -2.47. The summed E-state index contributed by atoms with van der Waals surface area (Å²) >= 11 is 5.77. The summed E-state index contributed by atoms with van der Waals surface area (Å²) in [6.45, 7) is 3.61. The van der Waals surface area contributed by atoms with E-state index in [2.05, 4.69) is 10.5 Å². The lowest BCUT2D eigenvalue weighted by atomic mass is 10.0. The number of halogens is 1. The van der Waals surface area contributed by atoms with Crippen molar-refractivity contribution in [2.75, 3.05) is 0 Å². The van der Waals surface area contributed by atoms with E-state index in [0.29, 0.717) is 5.02 Å². The Bertz CT molecular complexity index is 503. The zero-order chi connectivity index (χ0) is 14.6. The van der Waals surface area contributed by atoms with Crippen LogP contribution in [0.25, 0.3) is 0 Å². The normalized spacial score (nSPS) is 13.4. The number of oxime groups is 1. The molecule has 0 fully saturated rings. The van der Waals surface area contributed by atoms with E-state index in [-0.39, 0.29) is 23.1 Å². The van der Waals surface area contributed by atoms with E-state index in [1.807, 2.05) is 0 Å². The third-order valence-electron chi connectivity index (χ3n) is 2.59. The van der Waals surface area contributed by atoms with Gasteiger partial charge >= 0.3 is 0 Å². The Kier molecular flexibility index (Phi) is 5.00. The van der Waals surface area contributed by atoms with E-state index in [9.17, 15) is 9.90 Å². The highest BCUT2D eigenvalue weighted by Crippen LogP contribution is 2.21. The molecule has 1 amide bonds. The number of carbonyl (C=O) groups is 1. The third kappa shape index (κ3) is 3.75. The van der Waals surface area contributed by atoms with Gasteiger partial charge in [-0.25, -0.2) is 0 Å². The minimum absolute atomic E-state index is 0.0314. The molecule has 104 valence electrons. The van der Waals surface area contributed by atoms with Crippen LogP contribution in [-0.2, 0) is 0 Å². The smallest absolute Gasteiger partial charge is 0.255 e. The Morgan fingerprint density at radius 1 is 1.47 bits per heavy atom. The van der Waals surface area contributed by atoms with Gasteiger partial charge in [-0.2, -0.15) is 0 Å². The fraction of sp³-hybridized carbons (Fsp3) is 0.333. The second kappa shape index (κ2) is 6.29. The number of hydrogen-bond acceptors (Lipinski definition) is 4. The number of nitrogens with zero attached hydrogens (tertiary/aromatic N) is 1. The molecule has 0 radical (unpaired) electrons. The minimum atomic E-state index is -0.643. The summed E-state index contributed by atoms with van der Waals surface area (Å²) in [5.41, 5.74) is 5.54. The Balaban J connectivity index is 2.97. The fourth-order valence-corrected chi connectivity index (χ4v) is 1.73.